The van der Waals surface area contributed by atoms with Gasteiger partial charge >= 0.3 is 0 Å². The standard InChI is InChI=1S/C29H30FN3O2/c1-3-20(2)21-8-14-25(15-9-21)35-17-16-32-27-7-5-4-6-26(27)31-29(32)22-18-28(34)33(19-22)24-12-10-23(30)11-13-24/h4-15,20,22H,3,16-19H2,1-2H3/t20-,22-/m1/s1. The van der Waals surface area contributed by atoms with Crippen LogP contribution < -0.4 is 9.64 Å². The molecule has 6 heteroatoms. The number of carbonyl (C=O) groups excluding carboxylic acids is 1. The van der Waals surface area contributed by atoms with Gasteiger partial charge in [-0.15, -0.1) is 0 Å². The van der Waals surface area contributed by atoms with E-state index in [9.17, 15) is 9.18 Å². The number of ether oxygens (including phenoxy) is 1. The van der Waals surface area contributed by atoms with Gasteiger partial charge in [-0.25, -0.2) is 9.37 Å². The van der Waals surface area contributed by atoms with Crippen LogP contribution in [0.1, 0.15) is 49.9 Å². The molecule has 5 rings (SSSR count). The van der Waals surface area contributed by atoms with E-state index in [1.54, 1.807) is 17.0 Å². The summed E-state index contributed by atoms with van der Waals surface area (Å²) in [6, 6.07) is 22.4. The number of anilines is 1. The van der Waals surface area contributed by atoms with Crippen LogP contribution in [0, 0.1) is 5.82 Å². The number of carbonyl (C=O) groups is 1. The van der Waals surface area contributed by atoms with Crippen LogP contribution in [-0.4, -0.2) is 28.6 Å². The molecule has 5 nitrogen and oxygen atoms in total. The summed E-state index contributed by atoms with van der Waals surface area (Å²) in [6.45, 7) is 6.07. The van der Waals surface area contributed by atoms with E-state index in [4.69, 9.17) is 9.72 Å². The number of para-hydroxylation sites is 2. The molecule has 1 saturated heterocycles. The maximum absolute atomic E-state index is 13.4. The fourth-order valence-corrected chi connectivity index (χ4v) is 4.77. The van der Waals surface area contributed by atoms with Crippen molar-refractivity contribution in [2.45, 2.75) is 45.1 Å². The van der Waals surface area contributed by atoms with Crippen LogP contribution in [-0.2, 0) is 11.3 Å². The Labute approximate surface area is 205 Å². The number of imidazole rings is 1. The Morgan fingerprint density at radius 3 is 2.54 bits per heavy atom. The van der Waals surface area contributed by atoms with E-state index in [2.05, 4.69) is 36.6 Å². The minimum atomic E-state index is -0.312. The van der Waals surface area contributed by atoms with E-state index in [1.165, 1.54) is 17.7 Å². The Morgan fingerprint density at radius 1 is 1.06 bits per heavy atom. The van der Waals surface area contributed by atoms with Crippen molar-refractivity contribution < 1.29 is 13.9 Å². The first-order valence-corrected chi connectivity index (χ1v) is 12.3. The van der Waals surface area contributed by atoms with E-state index in [0.29, 0.717) is 37.7 Å². The van der Waals surface area contributed by atoms with Crippen LogP contribution in [0.3, 0.4) is 0 Å². The van der Waals surface area contributed by atoms with Gasteiger partial charge in [-0.1, -0.05) is 38.1 Å². The van der Waals surface area contributed by atoms with Crippen molar-refractivity contribution in [3.05, 3.63) is 90.0 Å². The summed E-state index contributed by atoms with van der Waals surface area (Å²) in [5.74, 6) is 1.94. The molecule has 0 N–H and O–H groups in total. The summed E-state index contributed by atoms with van der Waals surface area (Å²) in [5.41, 5.74) is 3.98. The summed E-state index contributed by atoms with van der Waals surface area (Å²) in [6.07, 6.45) is 1.48. The Morgan fingerprint density at radius 2 is 1.80 bits per heavy atom. The molecule has 1 aromatic heterocycles. The van der Waals surface area contributed by atoms with Crippen molar-refractivity contribution in [3.8, 4) is 5.75 Å². The van der Waals surface area contributed by atoms with E-state index >= 15 is 0 Å². The van der Waals surface area contributed by atoms with Gasteiger partial charge < -0.3 is 14.2 Å². The number of hydrogen-bond donors (Lipinski definition) is 0. The molecule has 4 aromatic rings. The molecule has 1 amide bonds. The van der Waals surface area contributed by atoms with Crippen molar-refractivity contribution in [3.63, 3.8) is 0 Å². The van der Waals surface area contributed by atoms with Gasteiger partial charge in [-0.3, -0.25) is 4.79 Å². The number of aromatic nitrogens is 2. The zero-order valence-corrected chi connectivity index (χ0v) is 20.2. The summed E-state index contributed by atoms with van der Waals surface area (Å²) < 4.78 is 21.6. The molecule has 1 aliphatic heterocycles. The first-order valence-electron chi connectivity index (χ1n) is 12.3. The van der Waals surface area contributed by atoms with Gasteiger partial charge in [0.2, 0.25) is 5.91 Å². The number of halogens is 1. The highest BCUT2D eigenvalue weighted by molar-refractivity contribution is 5.96. The highest BCUT2D eigenvalue weighted by atomic mass is 19.1. The van der Waals surface area contributed by atoms with Crippen molar-refractivity contribution >= 4 is 22.6 Å². The highest BCUT2D eigenvalue weighted by Crippen LogP contribution is 2.33. The molecule has 0 aliphatic carbocycles. The van der Waals surface area contributed by atoms with Crippen molar-refractivity contribution in [2.24, 2.45) is 0 Å². The maximum Gasteiger partial charge on any atom is 0.227 e. The highest BCUT2D eigenvalue weighted by Gasteiger charge is 2.34. The monoisotopic (exact) mass is 471 g/mol. The van der Waals surface area contributed by atoms with E-state index < -0.39 is 0 Å². The largest absolute Gasteiger partial charge is 0.492 e. The fourth-order valence-electron chi connectivity index (χ4n) is 4.77. The molecule has 3 aromatic carbocycles. The molecule has 35 heavy (non-hydrogen) atoms. The van der Waals surface area contributed by atoms with Gasteiger partial charge in [0.1, 0.15) is 24.0 Å². The average molecular weight is 472 g/mol. The minimum absolute atomic E-state index is 0.0258. The topological polar surface area (TPSA) is 47.4 Å². The van der Waals surface area contributed by atoms with E-state index in [1.807, 2.05) is 30.3 Å². The Kier molecular flexibility index (Phi) is 6.53. The van der Waals surface area contributed by atoms with Crippen molar-refractivity contribution in [2.75, 3.05) is 18.1 Å². The Bertz CT molecular complexity index is 1310. The lowest BCUT2D eigenvalue weighted by atomic mass is 9.99. The zero-order valence-electron chi connectivity index (χ0n) is 20.2. The van der Waals surface area contributed by atoms with Crippen molar-refractivity contribution in [1.82, 2.24) is 9.55 Å². The first-order chi connectivity index (χ1) is 17.0. The third-order valence-corrected chi connectivity index (χ3v) is 6.96. The molecule has 0 saturated carbocycles. The second-order valence-corrected chi connectivity index (χ2v) is 9.22. The molecular weight excluding hydrogens is 441 g/mol. The molecule has 2 heterocycles. The van der Waals surface area contributed by atoms with Gasteiger partial charge in [-0.05, 0) is 66.4 Å². The second-order valence-electron chi connectivity index (χ2n) is 9.22. The summed E-state index contributed by atoms with van der Waals surface area (Å²) >= 11 is 0. The van der Waals surface area contributed by atoms with Gasteiger partial charge in [0.25, 0.3) is 0 Å². The lowest BCUT2D eigenvalue weighted by Crippen LogP contribution is -2.24. The smallest absolute Gasteiger partial charge is 0.227 e. The van der Waals surface area contributed by atoms with Gasteiger partial charge in [0, 0.05) is 24.6 Å². The number of benzene rings is 3. The summed E-state index contributed by atoms with van der Waals surface area (Å²) in [5, 5.41) is 0. The average Bonchev–Trinajstić information content (AvgIpc) is 3.45. The van der Waals surface area contributed by atoms with Crippen LogP contribution >= 0.6 is 0 Å². The molecule has 0 radical (unpaired) electrons. The Balaban J connectivity index is 1.34. The lowest BCUT2D eigenvalue weighted by Gasteiger charge is -2.17. The summed E-state index contributed by atoms with van der Waals surface area (Å²) in [7, 11) is 0. The van der Waals surface area contributed by atoms with Crippen LogP contribution in [0.15, 0.2) is 72.8 Å². The molecule has 0 bridgehead atoms. The predicted molar refractivity (Wildman–Crippen MR) is 136 cm³/mol. The third kappa shape index (κ3) is 4.78. The summed E-state index contributed by atoms with van der Waals surface area (Å²) in [4.78, 5) is 19.5. The quantitative estimate of drug-likeness (QED) is 0.303. The zero-order chi connectivity index (χ0) is 24.4. The number of fused-ring (bicyclic) bond motifs is 1. The van der Waals surface area contributed by atoms with Gasteiger partial charge in [-0.2, -0.15) is 0 Å². The van der Waals surface area contributed by atoms with Crippen LogP contribution in [0.25, 0.3) is 11.0 Å². The van der Waals surface area contributed by atoms with Crippen LogP contribution in [0.4, 0.5) is 10.1 Å². The predicted octanol–water partition coefficient (Wildman–Crippen LogP) is 6.29. The molecule has 1 aliphatic rings. The van der Waals surface area contributed by atoms with Gasteiger partial charge in [0.05, 0.1) is 17.6 Å². The molecular formula is C29H30FN3O2. The molecule has 0 unspecified atom stereocenters. The minimum Gasteiger partial charge on any atom is -0.492 e. The van der Waals surface area contributed by atoms with Crippen LogP contribution in [0.2, 0.25) is 0 Å². The fraction of sp³-hybridized carbons (Fsp3) is 0.310. The van der Waals surface area contributed by atoms with Gasteiger partial charge in [0.15, 0.2) is 0 Å². The maximum atomic E-state index is 13.4. The van der Waals surface area contributed by atoms with E-state index in [0.717, 1.165) is 29.0 Å². The van der Waals surface area contributed by atoms with Crippen molar-refractivity contribution in [1.29, 1.82) is 0 Å². The van der Waals surface area contributed by atoms with E-state index in [-0.39, 0.29) is 17.6 Å². The first kappa shape index (κ1) is 23.1. The SMILES string of the molecule is CC[C@@H](C)c1ccc(OCCn2c([C@@H]3CC(=O)N(c4ccc(F)cc4)C3)nc3ccccc32)cc1. The number of hydrogen-bond acceptors (Lipinski definition) is 3. The number of nitrogens with zero attached hydrogens (tertiary/aromatic N) is 3. The molecule has 2 atom stereocenters. The molecule has 0 spiro atoms. The number of amides is 1. The molecule has 180 valence electrons. The third-order valence-electron chi connectivity index (χ3n) is 6.96. The lowest BCUT2D eigenvalue weighted by molar-refractivity contribution is -0.117. The Hall–Kier alpha value is -3.67. The number of rotatable bonds is 8. The molecule has 1 fully saturated rings. The normalized spacial score (nSPS) is 16.7. The second kappa shape index (κ2) is 9.90. The van der Waals surface area contributed by atoms with Crippen LogP contribution in [0.5, 0.6) is 5.75 Å².